The van der Waals surface area contributed by atoms with Crippen molar-refractivity contribution in [2.75, 3.05) is 20.3 Å². The fourth-order valence-corrected chi connectivity index (χ4v) is 5.90. The number of rotatable bonds is 10. The summed E-state index contributed by atoms with van der Waals surface area (Å²) >= 11 is 0. The Morgan fingerprint density at radius 1 is 1.11 bits per heavy atom. The van der Waals surface area contributed by atoms with Gasteiger partial charge in [-0.3, -0.25) is 14.7 Å². The molecule has 2 amide bonds. The van der Waals surface area contributed by atoms with Crippen molar-refractivity contribution in [3.8, 4) is 39.5 Å². The third-order valence-electron chi connectivity index (χ3n) is 7.99. The molecular formula is C33H31F2N5O4. The molecule has 0 radical (unpaired) electrons. The van der Waals surface area contributed by atoms with Crippen LogP contribution in [0.25, 0.3) is 33.8 Å². The second-order valence-corrected chi connectivity index (χ2v) is 10.8. The Morgan fingerprint density at radius 2 is 1.93 bits per heavy atom. The van der Waals surface area contributed by atoms with Gasteiger partial charge in [-0.2, -0.15) is 5.10 Å². The first-order valence-corrected chi connectivity index (χ1v) is 14.4. The van der Waals surface area contributed by atoms with Crippen LogP contribution in [-0.2, 0) is 28.9 Å². The Hall–Kier alpha value is -4.90. The van der Waals surface area contributed by atoms with E-state index in [1.807, 2.05) is 12.1 Å². The Balaban J connectivity index is 1.58. The first kappa shape index (κ1) is 29.2. The van der Waals surface area contributed by atoms with Gasteiger partial charge >= 0.3 is 0 Å². The average Bonchev–Trinajstić information content (AvgIpc) is 3.77. The van der Waals surface area contributed by atoms with E-state index < -0.39 is 17.7 Å². The molecule has 2 aromatic carbocycles. The lowest BCUT2D eigenvalue weighted by Crippen LogP contribution is -2.24. The molecule has 3 heterocycles. The summed E-state index contributed by atoms with van der Waals surface area (Å²) in [4.78, 5) is 29.3. The molecule has 0 fully saturated rings. The zero-order chi connectivity index (χ0) is 31.0. The largest absolute Gasteiger partial charge is 0.490 e. The summed E-state index contributed by atoms with van der Waals surface area (Å²) in [5.74, 6) is -1.98. The molecule has 9 nitrogen and oxygen atoms in total. The Morgan fingerprint density at radius 3 is 2.73 bits per heavy atom. The van der Waals surface area contributed by atoms with Crippen LogP contribution in [-0.4, -0.2) is 47.3 Å². The maximum absolute atomic E-state index is 15.9. The molecule has 0 saturated heterocycles. The number of fused-ring (bicyclic) bond motifs is 2. The first-order chi connectivity index (χ1) is 21.3. The molecule has 0 spiro atoms. The zero-order valence-corrected chi connectivity index (χ0v) is 24.4. The Labute approximate surface area is 252 Å². The van der Waals surface area contributed by atoms with E-state index in [9.17, 15) is 14.0 Å². The van der Waals surface area contributed by atoms with E-state index in [-0.39, 0.29) is 36.3 Å². The number of nitrogens with one attached hydrogen (secondary N) is 3. The summed E-state index contributed by atoms with van der Waals surface area (Å²) in [5.41, 5.74) is 6.82. The molecule has 2 aliphatic rings. The van der Waals surface area contributed by atoms with Gasteiger partial charge in [0.2, 0.25) is 5.91 Å². The highest BCUT2D eigenvalue weighted by Crippen LogP contribution is 2.47. The van der Waals surface area contributed by atoms with Crippen LogP contribution in [0.1, 0.15) is 52.1 Å². The monoisotopic (exact) mass is 599 g/mol. The molecule has 6 rings (SSSR count). The number of pyridine rings is 1. The molecule has 0 bridgehead atoms. The number of methoxy groups -OCH3 is 1. The van der Waals surface area contributed by atoms with Gasteiger partial charge in [-0.1, -0.05) is 12.6 Å². The van der Waals surface area contributed by atoms with Crippen LogP contribution < -0.4 is 15.4 Å². The predicted octanol–water partition coefficient (Wildman–Crippen LogP) is 5.20. The van der Waals surface area contributed by atoms with Crippen LogP contribution >= 0.6 is 0 Å². The average molecular weight is 600 g/mol. The SMILES string of the molecule is C=CC(=O)NC(C)c1cc(-c2nc(-c3ccc4c(c3)CNC4=O)c3c(c2-c2c(F)cc(F)cc2OCCOC)CCC3)n[nH]1. The van der Waals surface area contributed by atoms with E-state index in [0.717, 1.165) is 34.7 Å². The number of amides is 2. The van der Waals surface area contributed by atoms with Gasteiger partial charge in [0.15, 0.2) is 0 Å². The summed E-state index contributed by atoms with van der Waals surface area (Å²) in [5, 5.41) is 13.2. The van der Waals surface area contributed by atoms with Crippen molar-refractivity contribution in [2.24, 2.45) is 0 Å². The molecule has 2 aromatic heterocycles. The minimum atomic E-state index is -0.785. The third-order valence-corrected chi connectivity index (χ3v) is 7.99. The Kier molecular flexibility index (Phi) is 7.96. The lowest BCUT2D eigenvalue weighted by atomic mass is 9.90. The standard InChI is InChI=1S/C33H31F2N5O4/c1-4-28(41)37-17(2)25-15-26(40-39-25)32-29(30-24(35)13-20(34)14-27(30)44-11-10-43-3)22-6-5-7-23(22)31(38-32)18-8-9-21-19(12-18)16-36-33(21)42/h4,8-9,12-15,17H,1,5-7,10-11,16H2,2-3H3,(H,36,42)(H,37,41)(H,39,40). The van der Waals surface area contributed by atoms with Crippen LogP contribution in [0.2, 0.25) is 0 Å². The first-order valence-electron chi connectivity index (χ1n) is 14.4. The lowest BCUT2D eigenvalue weighted by molar-refractivity contribution is -0.117. The molecule has 3 N–H and O–H groups in total. The fraction of sp³-hybridized carbons (Fsp3) is 0.273. The van der Waals surface area contributed by atoms with Crippen LogP contribution in [0.15, 0.2) is 49.1 Å². The van der Waals surface area contributed by atoms with Gasteiger partial charge in [0, 0.05) is 42.5 Å². The molecule has 226 valence electrons. The number of hydrogen-bond acceptors (Lipinski definition) is 6. The molecule has 1 unspecified atom stereocenters. The van der Waals surface area contributed by atoms with Crippen molar-refractivity contribution < 1.29 is 27.8 Å². The molecule has 44 heavy (non-hydrogen) atoms. The van der Waals surface area contributed by atoms with Gasteiger partial charge in [-0.15, -0.1) is 0 Å². The van der Waals surface area contributed by atoms with Gasteiger partial charge in [0.25, 0.3) is 5.91 Å². The number of aromatic nitrogens is 3. The Bertz CT molecular complexity index is 1800. The third kappa shape index (κ3) is 5.35. The minimum absolute atomic E-state index is 0.0361. The number of aromatic amines is 1. The minimum Gasteiger partial charge on any atom is -0.490 e. The lowest BCUT2D eigenvalue weighted by Gasteiger charge is -2.20. The molecule has 0 saturated carbocycles. The van der Waals surface area contributed by atoms with E-state index >= 15 is 4.39 Å². The smallest absolute Gasteiger partial charge is 0.251 e. The topological polar surface area (TPSA) is 118 Å². The summed E-state index contributed by atoms with van der Waals surface area (Å²) < 4.78 is 41.4. The summed E-state index contributed by atoms with van der Waals surface area (Å²) in [6.07, 6.45) is 3.33. The number of H-pyrrole nitrogens is 1. The van der Waals surface area contributed by atoms with Gasteiger partial charge in [-0.25, -0.2) is 13.8 Å². The van der Waals surface area contributed by atoms with E-state index in [1.54, 1.807) is 19.1 Å². The number of halogens is 2. The number of nitrogens with zero attached hydrogens (tertiary/aromatic N) is 2. The van der Waals surface area contributed by atoms with Crippen LogP contribution in [0, 0.1) is 11.6 Å². The predicted molar refractivity (Wildman–Crippen MR) is 160 cm³/mol. The summed E-state index contributed by atoms with van der Waals surface area (Å²) in [6, 6.07) is 8.94. The molecule has 1 atom stereocenters. The molecule has 1 aliphatic carbocycles. The maximum Gasteiger partial charge on any atom is 0.251 e. The number of carbonyl (C=O) groups excluding carboxylic acids is 2. The molecule has 11 heteroatoms. The number of carbonyl (C=O) groups is 2. The van der Waals surface area contributed by atoms with E-state index in [1.165, 1.54) is 19.3 Å². The van der Waals surface area contributed by atoms with Crippen molar-refractivity contribution in [1.29, 1.82) is 0 Å². The fourth-order valence-electron chi connectivity index (χ4n) is 5.90. The van der Waals surface area contributed by atoms with Crippen molar-refractivity contribution in [2.45, 2.75) is 38.8 Å². The highest BCUT2D eigenvalue weighted by molar-refractivity contribution is 5.99. The van der Waals surface area contributed by atoms with E-state index in [4.69, 9.17) is 14.5 Å². The van der Waals surface area contributed by atoms with E-state index in [0.29, 0.717) is 53.3 Å². The molecule has 1 aliphatic heterocycles. The van der Waals surface area contributed by atoms with Crippen LogP contribution in [0.5, 0.6) is 5.75 Å². The normalized spacial score (nSPS) is 14.1. The maximum atomic E-state index is 15.9. The highest BCUT2D eigenvalue weighted by Gasteiger charge is 2.31. The van der Waals surface area contributed by atoms with Crippen molar-refractivity contribution in [3.63, 3.8) is 0 Å². The van der Waals surface area contributed by atoms with Gasteiger partial charge in [0.05, 0.1) is 35.3 Å². The zero-order valence-electron chi connectivity index (χ0n) is 24.4. The van der Waals surface area contributed by atoms with Crippen LogP contribution in [0.3, 0.4) is 0 Å². The van der Waals surface area contributed by atoms with Gasteiger partial charge in [0.1, 0.15) is 29.7 Å². The second kappa shape index (κ2) is 12.0. The highest BCUT2D eigenvalue weighted by atomic mass is 19.1. The van der Waals surface area contributed by atoms with Crippen molar-refractivity contribution >= 4 is 11.8 Å². The summed E-state index contributed by atoms with van der Waals surface area (Å²) in [7, 11) is 1.52. The van der Waals surface area contributed by atoms with Crippen molar-refractivity contribution in [3.05, 3.63) is 88.6 Å². The van der Waals surface area contributed by atoms with Gasteiger partial charge < -0.3 is 20.1 Å². The summed E-state index contributed by atoms with van der Waals surface area (Å²) in [6.45, 7) is 6.04. The number of ether oxygens (including phenoxy) is 2. The van der Waals surface area contributed by atoms with Gasteiger partial charge in [-0.05, 0) is 67.2 Å². The number of hydrogen-bond donors (Lipinski definition) is 3. The quantitative estimate of drug-likeness (QED) is 0.170. The van der Waals surface area contributed by atoms with Crippen molar-refractivity contribution in [1.82, 2.24) is 25.8 Å². The second-order valence-electron chi connectivity index (χ2n) is 10.8. The molecule has 4 aromatic rings. The van der Waals surface area contributed by atoms with E-state index in [2.05, 4.69) is 27.4 Å². The number of benzene rings is 2. The van der Waals surface area contributed by atoms with Crippen LogP contribution in [0.4, 0.5) is 8.78 Å². The molecular weight excluding hydrogens is 568 g/mol.